The number of esters is 2. The van der Waals surface area contributed by atoms with Crippen LogP contribution in [0.3, 0.4) is 0 Å². The number of carbonyl (C=O) groups excluding carboxylic acids is 2. The van der Waals surface area contributed by atoms with Crippen LogP contribution in [0.4, 0.5) is 0 Å². The molecule has 0 radical (unpaired) electrons. The number of aliphatic imine (C=N–C) groups is 1. The van der Waals surface area contributed by atoms with Crippen LogP contribution < -0.4 is 0 Å². The monoisotopic (exact) mass is 336 g/mol. The Kier molecular flexibility index (Phi) is 8.10. The lowest BCUT2D eigenvalue weighted by atomic mass is 10.1. The lowest BCUT2D eigenvalue weighted by Gasteiger charge is -2.12. The highest BCUT2D eigenvalue weighted by atomic mass is 16.6. The highest BCUT2D eigenvalue weighted by Crippen LogP contribution is 2.17. The van der Waals surface area contributed by atoms with E-state index in [1.807, 2.05) is 0 Å². The van der Waals surface area contributed by atoms with E-state index < -0.39 is 35.4 Å². The Morgan fingerprint density at radius 2 is 1.71 bits per heavy atom. The summed E-state index contributed by atoms with van der Waals surface area (Å²) < 4.78 is 9.65. The number of hydrogen-bond acceptors (Lipinski definition) is 7. The van der Waals surface area contributed by atoms with E-state index in [2.05, 4.69) is 4.99 Å². The molecular weight excluding hydrogens is 316 g/mol. The molecule has 0 saturated carbocycles. The van der Waals surface area contributed by atoms with Gasteiger partial charge in [-0.05, 0) is 19.4 Å². The summed E-state index contributed by atoms with van der Waals surface area (Å²) in [5.74, 6) is -2.94. The minimum atomic E-state index is -1.34. The van der Waals surface area contributed by atoms with E-state index in [1.165, 1.54) is 0 Å². The first kappa shape index (κ1) is 19.3. The number of hydrogen-bond donors (Lipinski definition) is 0. The Labute approximate surface area is 139 Å². The van der Waals surface area contributed by atoms with Crippen LogP contribution in [0.2, 0.25) is 0 Å². The van der Waals surface area contributed by atoms with Crippen LogP contribution in [-0.4, -0.2) is 42.8 Å². The van der Waals surface area contributed by atoms with Crippen molar-refractivity contribution in [1.82, 2.24) is 0 Å². The molecule has 0 bridgehead atoms. The van der Waals surface area contributed by atoms with Crippen LogP contribution >= 0.6 is 0 Å². The second kappa shape index (κ2) is 10.1. The van der Waals surface area contributed by atoms with Gasteiger partial charge in [-0.25, -0.2) is 0 Å². The number of benzene rings is 1. The first-order chi connectivity index (χ1) is 11.5. The predicted molar refractivity (Wildman–Crippen MR) is 86.3 cm³/mol. The van der Waals surface area contributed by atoms with Crippen LogP contribution in [0, 0.1) is 16.0 Å². The average molecular weight is 336 g/mol. The van der Waals surface area contributed by atoms with E-state index in [1.54, 1.807) is 44.2 Å². The predicted octanol–water partition coefficient (Wildman–Crippen LogP) is 1.82. The van der Waals surface area contributed by atoms with Gasteiger partial charge in [0, 0.05) is 11.1 Å². The van der Waals surface area contributed by atoms with Gasteiger partial charge in [0.2, 0.25) is 6.54 Å². The number of carbonyl (C=O) groups is 2. The van der Waals surface area contributed by atoms with Crippen LogP contribution in [0.1, 0.15) is 25.5 Å². The fourth-order valence-corrected chi connectivity index (χ4v) is 1.93. The zero-order valence-corrected chi connectivity index (χ0v) is 13.6. The Balaban J connectivity index is 3.02. The first-order valence-electron chi connectivity index (χ1n) is 7.52. The van der Waals surface area contributed by atoms with Gasteiger partial charge in [-0.2, -0.15) is 0 Å². The van der Waals surface area contributed by atoms with Crippen molar-refractivity contribution in [3.8, 4) is 0 Å². The maximum atomic E-state index is 11.9. The van der Waals surface area contributed by atoms with Crippen LogP contribution in [0.15, 0.2) is 35.3 Å². The maximum absolute atomic E-state index is 11.9. The Bertz CT molecular complexity index is 569. The molecule has 0 aliphatic carbocycles. The van der Waals surface area contributed by atoms with Gasteiger partial charge in [0.1, 0.15) is 6.04 Å². The summed E-state index contributed by atoms with van der Waals surface area (Å²) in [5.41, 5.74) is 0.608. The zero-order chi connectivity index (χ0) is 17.9. The third-order valence-corrected chi connectivity index (χ3v) is 3.00. The second-order valence-electron chi connectivity index (χ2n) is 4.72. The number of ether oxygens (including phenoxy) is 2. The molecule has 0 saturated heterocycles. The van der Waals surface area contributed by atoms with E-state index in [0.717, 1.165) is 6.21 Å². The van der Waals surface area contributed by atoms with Crippen molar-refractivity contribution in [2.45, 2.75) is 19.9 Å². The van der Waals surface area contributed by atoms with Crippen molar-refractivity contribution >= 4 is 18.2 Å². The fraction of sp³-hybridized carbons (Fsp3) is 0.438. The molecule has 1 unspecified atom stereocenters. The topological polar surface area (TPSA) is 108 Å². The largest absolute Gasteiger partial charge is 0.465 e. The van der Waals surface area contributed by atoms with E-state index in [4.69, 9.17) is 9.47 Å². The molecule has 0 heterocycles. The first-order valence-corrected chi connectivity index (χ1v) is 7.52. The molecule has 8 heteroatoms. The van der Waals surface area contributed by atoms with Crippen molar-refractivity contribution in [3.63, 3.8) is 0 Å². The molecule has 130 valence electrons. The quantitative estimate of drug-likeness (QED) is 0.224. The number of nitrogens with zero attached hydrogens (tertiary/aromatic N) is 2. The van der Waals surface area contributed by atoms with Crippen LogP contribution in [0.5, 0.6) is 0 Å². The molecule has 0 N–H and O–H groups in total. The molecular formula is C16H20N2O6. The minimum Gasteiger partial charge on any atom is -0.465 e. The molecule has 1 aromatic rings. The highest BCUT2D eigenvalue weighted by molar-refractivity contribution is 6.09. The summed E-state index contributed by atoms with van der Waals surface area (Å²) in [6.45, 7) is 2.95. The standard InChI is InChI=1S/C16H20N2O6/c1-3-23-15(19)13(16(20)24-4-2)10-17-14(11-18(21)22)12-8-6-5-7-9-12/h5-10,13-14H,3-4,11H2,1-2H3. The highest BCUT2D eigenvalue weighted by Gasteiger charge is 2.28. The summed E-state index contributed by atoms with van der Waals surface area (Å²) in [4.78, 5) is 38.2. The summed E-state index contributed by atoms with van der Waals surface area (Å²) in [5, 5.41) is 10.8. The molecule has 24 heavy (non-hydrogen) atoms. The molecule has 0 fully saturated rings. The Morgan fingerprint density at radius 1 is 1.17 bits per heavy atom. The van der Waals surface area contributed by atoms with Gasteiger partial charge in [-0.3, -0.25) is 24.7 Å². The average Bonchev–Trinajstić information content (AvgIpc) is 2.55. The van der Waals surface area contributed by atoms with E-state index in [9.17, 15) is 19.7 Å². The molecule has 0 spiro atoms. The molecule has 0 amide bonds. The molecule has 0 aromatic heterocycles. The van der Waals surface area contributed by atoms with Gasteiger partial charge in [0.05, 0.1) is 13.2 Å². The molecule has 8 nitrogen and oxygen atoms in total. The molecule has 1 aromatic carbocycles. The summed E-state index contributed by atoms with van der Waals surface area (Å²) >= 11 is 0. The second-order valence-corrected chi connectivity index (χ2v) is 4.72. The lowest BCUT2D eigenvalue weighted by molar-refractivity contribution is -0.483. The Hall–Kier alpha value is -2.77. The summed E-state index contributed by atoms with van der Waals surface area (Å²) in [6.07, 6.45) is 1.07. The van der Waals surface area contributed by atoms with Gasteiger partial charge in [0.15, 0.2) is 5.92 Å². The van der Waals surface area contributed by atoms with Gasteiger partial charge in [0.25, 0.3) is 0 Å². The van der Waals surface area contributed by atoms with Crippen LogP contribution in [-0.2, 0) is 19.1 Å². The Morgan fingerprint density at radius 3 is 2.17 bits per heavy atom. The van der Waals surface area contributed by atoms with Gasteiger partial charge in [-0.15, -0.1) is 0 Å². The fourth-order valence-electron chi connectivity index (χ4n) is 1.93. The van der Waals surface area contributed by atoms with Gasteiger partial charge >= 0.3 is 11.9 Å². The minimum absolute atomic E-state index is 0.0968. The number of nitro groups is 1. The summed E-state index contributed by atoms with van der Waals surface area (Å²) in [7, 11) is 0. The smallest absolute Gasteiger partial charge is 0.325 e. The summed E-state index contributed by atoms with van der Waals surface area (Å²) in [6, 6.07) is 7.80. The van der Waals surface area contributed by atoms with Crippen molar-refractivity contribution in [2.75, 3.05) is 19.8 Å². The molecule has 1 rings (SSSR count). The molecule has 1 atom stereocenters. The van der Waals surface area contributed by atoms with E-state index >= 15 is 0 Å². The van der Waals surface area contributed by atoms with Crippen LogP contribution in [0.25, 0.3) is 0 Å². The molecule has 0 aliphatic heterocycles. The van der Waals surface area contributed by atoms with E-state index in [0.29, 0.717) is 5.56 Å². The van der Waals surface area contributed by atoms with Crippen molar-refractivity contribution in [2.24, 2.45) is 10.9 Å². The third kappa shape index (κ3) is 6.15. The lowest BCUT2D eigenvalue weighted by Crippen LogP contribution is -2.29. The van der Waals surface area contributed by atoms with E-state index in [-0.39, 0.29) is 13.2 Å². The van der Waals surface area contributed by atoms with Gasteiger partial charge < -0.3 is 9.47 Å². The zero-order valence-electron chi connectivity index (χ0n) is 13.6. The van der Waals surface area contributed by atoms with Crippen molar-refractivity contribution in [1.29, 1.82) is 0 Å². The van der Waals surface area contributed by atoms with Gasteiger partial charge in [-0.1, -0.05) is 30.3 Å². The number of rotatable bonds is 9. The third-order valence-electron chi connectivity index (χ3n) is 3.00. The van der Waals surface area contributed by atoms with Crippen molar-refractivity contribution < 1.29 is 24.0 Å². The van der Waals surface area contributed by atoms with Crippen molar-refractivity contribution in [3.05, 3.63) is 46.0 Å². The SMILES string of the molecule is CCOC(=O)C(C=NC(C[N+](=O)[O-])c1ccccc1)C(=O)OCC. The maximum Gasteiger partial charge on any atom is 0.325 e. The normalized spacial score (nSPS) is 12.1. The molecule has 0 aliphatic rings.